The number of hydrogen-bond donors (Lipinski definition) is 1. The van der Waals surface area contributed by atoms with Crippen LogP contribution >= 0.6 is 11.6 Å². The Morgan fingerprint density at radius 3 is 2.61 bits per heavy atom. The molecule has 2 rings (SSSR count). The highest BCUT2D eigenvalue weighted by atomic mass is 35.5. The Labute approximate surface area is 110 Å². The third-order valence-electron chi connectivity index (χ3n) is 2.27. The molecule has 0 spiro atoms. The van der Waals surface area contributed by atoms with Gasteiger partial charge in [-0.1, -0.05) is 0 Å². The molecule has 0 aliphatic heterocycles. The van der Waals surface area contributed by atoms with Crippen molar-refractivity contribution in [2.45, 2.75) is 11.4 Å². The van der Waals surface area contributed by atoms with Gasteiger partial charge in [0.1, 0.15) is 4.90 Å². The van der Waals surface area contributed by atoms with Gasteiger partial charge in [-0.3, -0.25) is 0 Å². The molecule has 1 N–H and O–H groups in total. The minimum Gasteiger partial charge on any atom is -0.357 e. The van der Waals surface area contributed by atoms with E-state index in [4.69, 9.17) is 11.6 Å². The maximum atomic E-state index is 11.9. The second kappa shape index (κ2) is 5.05. The van der Waals surface area contributed by atoms with Crippen LogP contribution < -0.4 is 4.72 Å². The lowest BCUT2D eigenvalue weighted by molar-refractivity contribution is 0.580. The number of sulfonamides is 1. The van der Waals surface area contributed by atoms with E-state index in [1.165, 1.54) is 12.4 Å². The summed E-state index contributed by atoms with van der Waals surface area (Å²) < 4.78 is 28.1. The predicted molar refractivity (Wildman–Crippen MR) is 66.5 cm³/mol. The van der Waals surface area contributed by atoms with Crippen LogP contribution in [0.2, 0.25) is 5.28 Å². The van der Waals surface area contributed by atoms with Crippen LogP contribution in [0.4, 0.5) is 0 Å². The number of rotatable bonds is 4. The largest absolute Gasteiger partial charge is 0.357 e. The maximum Gasteiger partial charge on any atom is 0.243 e. The average molecular weight is 287 g/mol. The average Bonchev–Trinajstić information content (AvgIpc) is 2.73. The highest BCUT2D eigenvalue weighted by molar-refractivity contribution is 7.89. The molecule has 0 bridgehead atoms. The van der Waals surface area contributed by atoms with E-state index in [1.54, 1.807) is 0 Å². The molecule has 8 heteroatoms. The van der Waals surface area contributed by atoms with Crippen LogP contribution in [0, 0.1) is 0 Å². The SMILES string of the molecule is Cn1ccc(CNS(=O)(=O)c2cnc(Cl)nc2)c1. The summed E-state index contributed by atoms with van der Waals surface area (Å²) in [7, 11) is -1.74. The molecule has 18 heavy (non-hydrogen) atoms. The lowest BCUT2D eigenvalue weighted by atomic mass is 10.4. The van der Waals surface area contributed by atoms with Crippen molar-refractivity contribution < 1.29 is 8.42 Å². The Bertz CT molecular complexity index is 636. The van der Waals surface area contributed by atoms with Gasteiger partial charge < -0.3 is 4.57 Å². The first kappa shape index (κ1) is 13.0. The topological polar surface area (TPSA) is 76.9 Å². The Balaban J connectivity index is 2.10. The summed E-state index contributed by atoms with van der Waals surface area (Å²) in [6.07, 6.45) is 6.02. The Morgan fingerprint density at radius 1 is 1.39 bits per heavy atom. The van der Waals surface area contributed by atoms with E-state index in [1.807, 2.05) is 30.1 Å². The molecule has 0 aromatic carbocycles. The first-order valence-corrected chi connectivity index (χ1v) is 6.91. The number of halogens is 1. The van der Waals surface area contributed by atoms with Gasteiger partial charge >= 0.3 is 0 Å². The molecule has 0 fully saturated rings. The minimum absolute atomic E-state index is 0.0111. The minimum atomic E-state index is -3.61. The lowest BCUT2D eigenvalue weighted by Gasteiger charge is -2.04. The van der Waals surface area contributed by atoms with Crippen LogP contribution in [-0.2, 0) is 23.6 Å². The van der Waals surface area contributed by atoms with Gasteiger partial charge in [0, 0.05) is 26.0 Å². The van der Waals surface area contributed by atoms with E-state index in [9.17, 15) is 8.42 Å². The molecular formula is C10H11ClN4O2S. The summed E-state index contributed by atoms with van der Waals surface area (Å²) >= 11 is 5.50. The third kappa shape index (κ3) is 3.06. The van der Waals surface area contributed by atoms with Crippen LogP contribution in [0.5, 0.6) is 0 Å². The van der Waals surface area contributed by atoms with E-state index in [2.05, 4.69) is 14.7 Å². The van der Waals surface area contributed by atoms with E-state index in [-0.39, 0.29) is 16.7 Å². The molecule has 0 saturated heterocycles. The zero-order chi connectivity index (χ0) is 13.2. The van der Waals surface area contributed by atoms with Crippen molar-refractivity contribution >= 4 is 21.6 Å². The molecule has 0 saturated carbocycles. The van der Waals surface area contributed by atoms with Gasteiger partial charge in [-0.15, -0.1) is 0 Å². The standard InChI is InChI=1S/C10H11ClN4O2S/c1-15-3-2-8(7-15)4-14-18(16,17)9-5-12-10(11)13-6-9/h2-3,5-7,14H,4H2,1H3. The van der Waals surface area contributed by atoms with Crippen LogP contribution in [0.25, 0.3) is 0 Å². The van der Waals surface area contributed by atoms with Gasteiger partial charge in [-0.05, 0) is 23.2 Å². The van der Waals surface area contributed by atoms with Gasteiger partial charge in [-0.25, -0.2) is 23.1 Å². The van der Waals surface area contributed by atoms with Gasteiger partial charge in [-0.2, -0.15) is 0 Å². The Hall–Kier alpha value is -1.44. The summed E-state index contributed by atoms with van der Waals surface area (Å²) in [4.78, 5) is 7.26. The summed E-state index contributed by atoms with van der Waals surface area (Å²) in [5, 5.41) is 0.0111. The monoisotopic (exact) mass is 286 g/mol. The first-order valence-electron chi connectivity index (χ1n) is 5.05. The Kier molecular flexibility index (Phi) is 3.65. The predicted octanol–water partition coefficient (Wildman–Crippen LogP) is 0.947. The van der Waals surface area contributed by atoms with Crippen molar-refractivity contribution in [2.75, 3.05) is 0 Å². The van der Waals surface area contributed by atoms with Crippen LogP contribution in [0.1, 0.15) is 5.56 Å². The molecule has 0 atom stereocenters. The summed E-state index contributed by atoms with van der Waals surface area (Å²) in [5.41, 5.74) is 0.871. The van der Waals surface area contributed by atoms with Gasteiger partial charge in [0.05, 0.1) is 12.4 Å². The third-order valence-corrected chi connectivity index (χ3v) is 3.82. The molecule has 6 nitrogen and oxygen atoms in total. The molecule has 0 unspecified atom stereocenters. The maximum absolute atomic E-state index is 11.9. The molecule has 0 aliphatic rings. The molecule has 2 aromatic heterocycles. The van der Waals surface area contributed by atoms with Crippen molar-refractivity contribution in [2.24, 2.45) is 7.05 Å². The second-order valence-electron chi connectivity index (χ2n) is 3.70. The van der Waals surface area contributed by atoms with Gasteiger partial charge in [0.2, 0.25) is 15.3 Å². The highest BCUT2D eigenvalue weighted by Crippen LogP contribution is 2.08. The zero-order valence-electron chi connectivity index (χ0n) is 9.54. The fraction of sp³-hybridized carbons (Fsp3) is 0.200. The molecule has 96 valence electrons. The van der Waals surface area contributed by atoms with Crippen molar-refractivity contribution in [3.8, 4) is 0 Å². The molecule has 2 heterocycles. The molecule has 2 aromatic rings. The quantitative estimate of drug-likeness (QED) is 0.849. The van der Waals surface area contributed by atoms with E-state index >= 15 is 0 Å². The fourth-order valence-electron chi connectivity index (χ4n) is 1.37. The van der Waals surface area contributed by atoms with Crippen molar-refractivity contribution in [1.29, 1.82) is 0 Å². The normalized spacial score (nSPS) is 11.7. The number of hydrogen-bond acceptors (Lipinski definition) is 4. The lowest BCUT2D eigenvalue weighted by Crippen LogP contribution is -2.23. The number of nitrogens with one attached hydrogen (secondary N) is 1. The van der Waals surface area contributed by atoms with E-state index in [0.717, 1.165) is 5.56 Å². The van der Waals surface area contributed by atoms with E-state index < -0.39 is 10.0 Å². The molecule has 0 aliphatic carbocycles. The van der Waals surface area contributed by atoms with Crippen LogP contribution in [0.3, 0.4) is 0 Å². The van der Waals surface area contributed by atoms with Crippen molar-refractivity contribution in [3.63, 3.8) is 0 Å². The van der Waals surface area contributed by atoms with Gasteiger partial charge in [0.15, 0.2) is 0 Å². The number of aryl methyl sites for hydroxylation is 1. The first-order chi connectivity index (χ1) is 8.47. The highest BCUT2D eigenvalue weighted by Gasteiger charge is 2.14. The summed E-state index contributed by atoms with van der Waals surface area (Å²) in [5.74, 6) is 0. The second-order valence-corrected chi connectivity index (χ2v) is 5.80. The Morgan fingerprint density at radius 2 is 2.06 bits per heavy atom. The molecule has 0 amide bonds. The summed E-state index contributed by atoms with van der Waals surface area (Å²) in [6.45, 7) is 0.214. The molecular weight excluding hydrogens is 276 g/mol. The fourth-order valence-corrected chi connectivity index (χ4v) is 2.37. The van der Waals surface area contributed by atoms with Gasteiger partial charge in [0.25, 0.3) is 0 Å². The number of aromatic nitrogens is 3. The van der Waals surface area contributed by atoms with Crippen LogP contribution in [-0.4, -0.2) is 23.0 Å². The molecule has 0 radical (unpaired) electrons. The van der Waals surface area contributed by atoms with E-state index in [0.29, 0.717) is 0 Å². The summed E-state index contributed by atoms with van der Waals surface area (Å²) in [6, 6.07) is 1.83. The smallest absolute Gasteiger partial charge is 0.243 e. The van der Waals surface area contributed by atoms with Crippen molar-refractivity contribution in [3.05, 3.63) is 41.7 Å². The zero-order valence-corrected chi connectivity index (χ0v) is 11.1. The van der Waals surface area contributed by atoms with Crippen LogP contribution in [0.15, 0.2) is 35.7 Å². The van der Waals surface area contributed by atoms with Crippen molar-refractivity contribution in [1.82, 2.24) is 19.3 Å². The number of nitrogens with zero attached hydrogens (tertiary/aromatic N) is 3.